The van der Waals surface area contributed by atoms with Crippen LogP contribution >= 0.6 is 27.3 Å². The Hall–Kier alpha value is -1.54. The minimum Gasteiger partial charge on any atom is -0.298 e. The van der Waals surface area contributed by atoms with E-state index in [1.165, 1.54) is 17.7 Å². The van der Waals surface area contributed by atoms with Crippen molar-refractivity contribution in [3.8, 4) is 5.00 Å². The summed E-state index contributed by atoms with van der Waals surface area (Å²) in [6, 6.07) is 7.26. The van der Waals surface area contributed by atoms with Crippen LogP contribution in [0.15, 0.2) is 41.4 Å². The summed E-state index contributed by atoms with van der Waals surface area (Å²) in [6.45, 7) is 0. The zero-order valence-corrected chi connectivity index (χ0v) is 19.5. The molecule has 2 aliphatic rings. The van der Waals surface area contributed by atoms with Crippen molar-refractivity contribution >= 4 is 38.3 Å². The molecule has 1 N–H and O–H groups in total. The zero-order chi connectivity index (χ0) is 20.8. The van der Waals surface area contributed by atoms with E-state index in [9.17, 15) is 4.79 Å². The molecule has 5 rings (SSSR count). The third-order valence-electron chi connectivity index (χ3n) is 4.07. The summed E-state index contributed by atoms with van der Waals surface area (Å²) in [5.74, 6) is 0.739. The van der Waals surface area contributed by atoms with Crippen molar-refractivity contribution in [1.82, 2.24) is 19.7 Å². The molecule has 2 saturated carbocycles. The molecule has 10 radical (unpaired) electrons. The van der Waals surface area contributed by atoms with E-state index in [4.69, 9.17) is 0 Å². The molecule has 1 aromatic carbocycles. The van der Waals surface area contributed by atoms with E-state index in [1.54, 1.807) is 17.1 Å². The van der Waals surface area contributed by atoms with E-state index in [2.05, 4.69) is 36.3 Å². The summed E-state index contributed by atoms with van der Waals surface area (Å²) in [5, 5.41) is 8.34. The van der Waals surface area contributed by atoms with E-state index < -0.39 is 0 Å². The number of amides is 1. The molecule has 0 atom stereocenters. The van der Waals surface area contributed by atoms with Crippen LogP contribution < -0.4 is 5.32 Å². The first kappa shape index (κ1) is 24.1. The van der Waals surface area contributed by atoms with Gasteiger partial charge in [0, 0.05) is 10.4 Å². The summed E-state index contributed by atoms with van der Waals surface area (Å²) >= 11 is 4.74. The molecule has 9 heteroatoms. The molecule has 0 spiro atoms. The smallest absolute Gasteiger partial charge is 0.298 e. The van der Waals surface area contributed by atoms with Crippen molar-refractivity contribution in [2.45, 2.75) is 0 Å². The minimum absolute atomic E-state index is 0. The Morgan fingerprint density at radius 2 is 1.68 bits per heavy atom. The summed E-state index contributed by atoms with van der Waals surface area (Å²) < 4.78 is 2.38. The molecule has 2 fully saturated rings. The van der Waals surface area contributed by atoms with E-state index in [-0.39, 0.29) is 23.0 Å². The van der Waals surface area contributed by atoms with Gasteiger partial charge in [-0.3, -0.25) is 10.1 Å². The number of carbonyl (C=O) groups is 1. The average molecular weight is 534 g/mol. The molecule has 3 aromatic rings. The first-order valence-electron chi connectivity index (χ1n) is 9.03. The van der Waals surface area contributed by atoms with Crippen molar-refractivity contribution in [3.63, 3.8) is 0 Å². The van der Waals surface area contributed by atoms with Crippen LogP contribution in [0.5, 0.6) is 0 Å². The third kappa shape index (κ3) is 6.25. The first-order chi connectivity index (χ1) is 14.7. The molecule has 31 heavy (non-hydrogen) atoms. The number of hydrogen-bond acceptors (Lipinski definition) is 5. The Bertz CT molecular complexity index is 961. The predicted octanol–water partition coefficient (Wildman–Crippen LogP) is 4.51. The van der Waals surface area contributed by atoms with Gasteiger partial charge in [0.1, 0.15) is 17.7 Å². The number of rotatable bonds is 4. The van der Waals surface area contributed by atoms with Crippen LogP contribution in [0.2, 0.25) is 0 Å². The SMILES string of the molecule is O=C(Nc1nc([C]2[CH][CH][CH][CH]2)c(-n2cncn2)s1)c1ccccc1Br.[CH]1[CH][CH][CH][CH]1.[Fe+2]. The molecule has 0 aliphatic heterocycles. The van der Waals surface area contributed by atoms with Crippen LogP contribution in [0.4, 0.5) is 5.13 Å². The molecule has 1 amide bonds. The molecule has 6 nitrogen and oxygen atoms in total. The Morgan fingerprint density at radius 3 is 2.29 bits per heavy atom. The fourth-order valence-corrected chi connectivity index (χ4v) is 4.06. The molecular formula is C22H16BrFeN5OS+2. The van der Waals surface area contributed by atoms with E-state index in [0.29, 0.717) is 10.7 Å². The third-order valence-corrected chi connectivity index (χ3v) is 5.72. The number of aromatic nitrogens is 4. The largest absolute Gasteiger partial charge is 2.00 e. The average Bonchev–Trinajstić information content (AvgIpc) is 3.57. The maximum absolute atomic E-state index is 12.5. The van der Waals surface area contributed by atoms with Crippen molar-refractivity contribution in [2.75, 3.05) is 5.32 Å². The van der Waals surface area contributed by atoms with Gasteiger partial charge in [-0.15, -0.1) is 0 Å². The molecule has 0 saturated heterocycles. The molecular weight excluding hydrogens is 518 g/mol. The van der Waals surface area contributed by atoms with Gasteiger partial charge < -0.3 is 0 Å². The van der Waals surface area contributed by atoms with Crippen LogP contribution in [0, 0.1) is 63.7 Å². The Kier molecular flexibility index (Phi) is 9.26. The van der Waals surface area contributed by atoms with Crippen molar-refractivity contribution in [3.05, 3.63) is 116 Å². The van der Waals surface area contributed by atoms with Crippen LogP contribution in [0.1, 0.15) is 16.1 Å². The van der Waals surface area contributed by atoms with E-state index in [0.717, 1.165) is 21.1 Å². The molecule has 2 aliphatic carbocycles. The van der Waals surface area contributed by atoms with Crippen molar-refractivity contribution in [1.29, 1.82) is 0 Å². The Morgan fingerprint density at radius 1 is 1.00 bits per heavy atom. The number of hydrogen-bond donors (Lipinski definition) is 1. The molecule has 0 bridgehead atoms. The topological polar surface area (TPSA) is 72.7 Å². The number of carbonyl (C=O) groups excluding carboxylic acids is 1. The van der Waals surface area contributed by atoms with E-state index >= 15 is 0 Å². The van der Waals surface area contributed by atoms with Gasteiger partial charge in [0.2, 0.25) is 0 Å². The van der Waals surface area contributed by atoms with Crippen LogP contribution in [-0.4, -0.2) is 25.7 Å². The maximum Gasteiger partial charge on any atom is 2.00 e. The van der Waals surface area contributed by atoms with Gasteiger partial charge in [0.05, 0.1) is 11.3 Å². The summed E-state index contributed by atoms with van der Waals surface area (Å²) in [5.41, 5.74) is 1.30. The minimum atomic E-state index is -0.222. The second-order valence-electron chi connectivity index (χ2n) is 6.08. The number of halogens is 1. The summed E-state index contributed by atoms with van der Waals surface area (Å²) in [4.78, 5) is 21.1. The maximum atomic E-state index is 12.5. The molecule has 0 unspecified atom stereocenters. The fraction of sp³-hybridized carbons (Fsp3) is 0. The monoisotopic (exact) mass is 533 g/mol. The number of nitrogens with one attached hydrogen (secondary N) is 1. The van der Waals surface area contributed by atoms with Gasteiger partial charge in [-0.2, -0.15) is 5.10 Å². The van der Waals surface area contributed by atoms with Crippen molar-refractivity contribution < 1.29 is 21.9 Å². The first-order valence-corrected chi connectivity index (χ1v) is 10.6. The van der Waals surface area contributed by atoms with Gasteiger partial charge in [-0.05, 0) is 85.9 Å². The van der Waals surface area contributed by atoms with Crippen molar-refractivity contribution in [2.24, 2.45) is 0 Å². The molecule has 2 heterocycles. The van der Waals surface area contributed by atoms with Crippen LogP contribution in [-0.2, 0) is 17.1 Å². The van der Waals surface area contributed by atoms with Gasteiger partial charge in [-0.25, -0.2) is 14.6 Å². The van der Waals surface area contributed by atoms with Gasteiger partial charge in [-0.1, -0.05) is 23.5 Å². The normalized spacial score (nSPS) is 15.8. The molecule has 2 aromatic heterocycles. The zero-order valence-electron chi connectivity index (χ0n) is 16.0. The second-order valence-corrected chi connectivity index (χ2v) is 7.91. The van der Waals surface area contributed by atoms with Crippen LogP contribution in [0.25, 0.3) is 5.00 Å². The second kappa shape index (κ2) is 11.9. The number of nitrogens with zero attached hydrogens (tertiary/aromatic N) is 4. The van der Waals surface area contributed by atoms with Gasteiger partial charge in [0.25, 0.3) is 5.91 Å². The standard InChI is InChI=1S/C17H11BrN5OS.C5H5.Fe/c18-13-8-4-3-7-12(13)15(24)22-17-21-14(11-5-1-2-6-11)16(25-17)23-10-19-9-20-23;1-2-4-5-3-1;/h1-10H,(H,21,22,24);1-5H;/q;;+2. The summed E-state index contributed by atoms with van der Waals surface area (Å²) in [6.07, 6.45) is 20.9. The number of benzene rings is 1. The fourth-order valence-electron chi connectivity index (χ4n) is 2.68. The predicted molar refractivity (Wildman–Crippen MR) is 120 cm³/mol. The summed E-state index contributed by atoms with van der Waals surface area (Å²) in [7, 11) is 0. The Balaban J connectivity index is 0.000000401. The van der Waals surface area contributed by atoms with E-state index in [1.807, 2.05) is 76.0 Å². The van der Waals surface area contributed by atoms with Crippen LogP contribution in [0.3, 0.4) is 0 Å². The quantitative estimate of drug-likeness (QED) is 0.501. The number of anilines is 1. The van der Waals surface area contributed by atoms with Gasteiger partial charge >= 0.3 is 17.1 Å². The molecule has 154 valence electrons. The number of thiazole rings is 1. The Labute approximate surface area is 205 Å². The van der Waals surface area contributed by atoms with Gasteiger partial charge in [0.15, 0.2) is 5.13 Å².